The number of nitrogens with one attached hydrogen (secondary N) is 1. The maximum atomic E-state index is 4.06. The van der Waals surface area contributed by atoms with Crippen molar-refractivity contribution in [3.63, 3.8) is 0 Å². The molecule has 1 heterocycles. The number of rotatable bonds is 5. The van der Waals surface area contributed by atoms with Crippen molar-refractivity contribution in [3.05, 3.63) is 48.5 Å². The van der Waals surface area contributed by atoms with Gasteiger partial charge in [-0.1, -0.05) is 25.1 Å². The first-order valence-electron chi connectivity index (χ1n) is 6.40. The Hall–Kier alpha value is -1.74. The smallest absolute Gasteiger partial charge is 0.115 e. The minimum absolute atomic E-state index is 0.370. The van der Waals surface area contributed by atoms with Crippen LogP contribution in [0.25, 0.3) is 11.1 Å². The van der Waals surface area contributed by atoms with E-state index in [0.717, 1.165) is 18.5 Å². The van der Waals surface area contributed by atoms with Gasteiger partial charge in [0.2, 0.25) is 0 Å². The lowest BCUT2D eigenvalue weighted by molar-refractivity contribution is 0.571. The molecule has 18 heavy (non-hydrogen) atoms. The first-order chi connectivity index (χ1) is 8.81. The van der Waals surface area contributed by atoms with E-state index in [1.165, 1.54) is 11.1 Å². The Balaban J connectivity index is 2.20. The molecule has 94 valence electrons. The van der Waals surface area contributed by atoms with Gasteiger partial charge < -0.3 is 5.32 Å². The van der Waals surface area contributed by atoms with Crippen molar-refractivity contribution >= 4 is 0 Å². The fraction of sp³-hybridized carbons (Fsp3) is 0.333. The zero-order valence-corrected chi connectivity index (χ0v) is 10.9. The second kappa shape index (κ2) is 6.26. The molecule has 3 heteroatoms. The van der Waals surface area contributed by atoms with Crippen LogP contribution >= 0.6 is 0 Å². The van der Waals surface area contributed by atoms with Crippen LogP contribution in [0.5, 0.6) is 0 Å². The first-order valence-corrected chi connectivity index (χ1v) is 6.40. The molecule has 0 amide bonds. The van der Waals surface area contributed by atoms with Crippen LogP contribution in [0.1, 0.15) is 31.9 Å². The van der Waals surface area contributed by atoms with Gasteiger partial charge in [0.05, 0.1) is 0 Å². The third kappa shape index (κ3) is 3.14. The van der Waals surface area contributed by atoms with Crippen molar-refractivity contribution in [3.8, 4) is 11.1 Å². The lowest BCUT2D eigenvalue weighted by Gasteiger charge is -2.14. The van der Waals surface area contributed by atoms with Gasteiger partial charge in [-0.15, -0.1) is 0 Å². The molecule has 0 fully saturated rings. The first kappa shape index (κ1) is 12.7. The summed E-state index contributed by atoms with van der Waals surface area (Å²) in [4.78, 5) is 8.12. The maximum absolute atomic E-state index is 4.06. The van der Waals surface area contributed by atoms with Crippen LogP contribution in [0.2, 0.25) is 0 Å². The van der Waals surface area contributed by atoms with Gasteiger partial charge in [-0.25, -0.2) is 9.97 Å². The Morgan fingerprint density at radius 2 is 1.94 bits per heavy atom. The SMILES string of the molecule is CCCNC(C)c1cccc(-c2cncnc2)c1. The van der Waals surface area contributed by atoms with Crippen LogP contribution in [0.15, 0.2) is 43.0 Å². The number of nitrogens with zero attached hydrogens (tertiary/aromatic N) is 2. The van der Waals surface area contributed by atoms with E-state index in [0.29, 0.717) is 6.04 Å². The highest BCUT2D eigenvalue weighted by Crippen LogP contribution is 2.21. The van der Waals surface area contributed by atoms with Crippen molar-refractivity contribution in [2.45, 2.75) is 26.3 Å². The summed E-state index contributed by atoms with van der Waals surface area (Å²) >= 11 is 0. The number of aromatic nitrogens is 2. The Morgan fingerprint density at radius 3 is 2.67 bits per heavy atom. The maximum Gasteiger partial charge on any atom is 0.115 e. The Morgan fingerprint density at radius 1 is 1.17 bits per heavy atom. The third-order valence-electron chi connectivity index (χ3n) is 2.98. The predicted molar refractivity (Wildman–Crippen MR) is 74.2 cm³/mol. The molecule has 1 aromatic heterocycles. The molecule has 0 bridgehead atoms. The van der Waals surface area contributed by atoms with Gasteiger partial charge in [-0.2, -0.15) is 0 Å². The molecule has 0 aliphatic heterocycles. The topological polar surface area (TPSA) is 37.8 Å². The van der Waals surface area contributed by atoms with E-state index in [1.807, 2.05) is 12.4 Å². The minimum Gasteiger partial charge on any atom is -0.310 e. The van der Waals surface area contributed by atoms with Gasteiger partial charge in [-0.05, 0) is 37.1 Å². The van der Waals surface area contributed by atoms with Crippen molar-refractivity contribution in [2.75, 3.05) is 6.54 Å². The zero-order chi connectivity index (χ0) is 12.8. The van der Waals surface area contributed by atoms with Crippen LogP contribution < -0.4 is 5.32 Å². The van der Waals surface area contributed by atoms with E-state index in [1.54, 1.807) is 6.33 Å². The molecule has 1 N–H and O–H groups in total. The molecule has 0 saturated carbocycles. The van der Waals surface area contributed by atoms with Gasteiger partial charge in [0, 0.05) is 24.0 Å². The molecule has 0 spiro atoms. The fourth-order valence-electron chi connectivity index (χ4n) is 1.91. The molecule has 2 aromatic rings. The highest BCUT2D eigenvalue weighted by Gasteiger charge is 2.05. The van der Waals surface area contributed by atoms with Gasteiger partial charge in [0.25, 0.3) is 0 Å². The molecule has 0 saturated heterocycles. The second-order valence-corrected chi connectivity index (χ2v) is 4.43. The van der Waals surface area contributed by atoms with E-state index in [2.05, 4.69) is 53.4 Å². The third-order valence-corrected chi connectivity index (χ3v) is 2.98. The molecular formula is C15H19N3. The zero-order valence-electron chi connectivity index (χ0n) is 10.9. The summed E-state index contributed by atoms with van der Waals surface area (Å²) in [5.41, 5.74) is 3.52. The van der Waals surface area contributed by atoms with Crippen LogP contribution in [0.3, 0.4) is 0 Å². The number of hydrogen-bond acceptors (Lipinski definition) is 3. The minimum atomic E-state index is 0.370. The van der Waals surface area contributed by atoms with Gasteiger partial charge in [0.15, 0.2) is 0 Å². The molecule has 0 aliphatic rings. The summed E-state index contributed by atoms with van der Waals surface area (Å²) in [6.45, 7) is 5.41. The van der Waals surface area contributed by atoms with Crippen molar-refractivity contribution in [2.24, 2.45) is 0 Å². The summed E-state index contributed by atoms with van der Waals surface area (Å²) in [5.74, 6) is 0. The summed E-state index contributed by atoms with van der Waals surface area (Å²) < 4.78 is 0. The molecule has 1 unspecified atom stereocenters. The van der Waals surface area contributed by atoms with E-state index in [4.69, 9.17) is 0 Å². The monoisotopic (exact) mass is 241 g/mol. The van der Waals surface area contributed by atoms with Crippen LogP contribution in [0.4, 0.5) is 0 Å². The second-order valence-electron chi connectivity index (χ2n) is 4.43. The Bertz CT molecular complexity index is 482. The van der Waals surface area contributed by atoms with Crippen LogP contribution in [0, 0.1) is 0 Å². The summed E-state index contributed by atoms with van der Waals surface area (Å²) in [7, 11) is 0. The average molecular weight is 241 g/mol. The molecule has 0 radical (unpaired) electrons. The molecule has 1 atom stereocenters. The van der Waals surface area contributed by atoms with Crippen molar-refractivity contribution in [1.29, 1.82) is 0 Å². The van der Waals surface area contributed by atoms with Gasteiger partial charge in [-0.3, -0.25) is 0 Å². The van der Waals surface area contributed by atoms with E-state index in [-0.39, 0.29) is 0 Å². The Labute approximate surface area is 108 Å². The quantitative estimate of drug-likeness (QED) is 0.873. The normalized spacial score (nSPS) is 12.3. The van der Waals surface area contributed by atoms with Crippen LogP contribution in [-0.4, -0.2) is 16.5 Å². The molecule has 3 nitrogen and oxygen atoms in total. The number of hydrogen-bond donors (Lipinski definition) is 1. The van der Waals surface area contributed by atoms with E-state index >= 15 is 0 Å². The number of benzene rings is 1. The van der Waals surface area contributed by atoms with E-state index in [9.17, 15) is 0 Å². The Kier molecular flexibility index (Phi) is 4.42. The van der Waals surface area contributed by atoms with Gasteiger partial charge in [0.1, 0.15) is 6.33 Å². The standard InChI is InChI=1S/C15H19N3/c1-3-7-18-12(2)13-5-4-6-14(8-13)15-9-16-11-17-10-15/h4-6,8-12,18H,3,7H2,1-2H3. The highest BCUT2D eigenvalue weighted by atomic mass is 14.9. The lowest BCUT2D eigenvalue weighted by Crippen LogP contribution is -2.19. The molecule has 2 rings (SSSR count). The van der Waals surface area contributed by atoms with Crippen molar-refractivity contribution in [1.82, 2.24) is 15.3 Å². The molecule has 0 aliphatic carbocycles. The predicted octanol–water partition coefficient (Wildman–Crippen LogP) is 3.20. The van der Waals surface area contributed by atoms with Gasteiger partial charge >= 0.3 is 0 Å². The lowest BCUT2D eigenvalue weighted by atomic mass is 10.0. The van der Waals surface area contributed by atoms with Crippen molar-refractivity contribution < 1.29 is 0 Å². The largest absolute Gasteiger partial charge is 0.310 e. The summed E-state index contributed by atoms with van der Waals surface area (Å²) in [6, 6.07) is 8.90. The van der Waals surface area contributed by atoms with E-state index < -0.39 is 0 Å². The fourth-order valence-corrected chi connectivity index (χ4v) is 1.91. The summed E-state index contributed by atoms with van der Waals surface area (Å²) in [6.07, 6.45) is 6.39. The highest BCUT2D eigenvalue weighted by molar-refractivity contribution is 5.62. The average Bonchev–Trinajstić information content (AvgIpc) is 2.46. The molecule has 1 aromatic carbocycles. The summed E-state index contributed by atoms with van der Waals surface area (Å²) in [5, 5.41) is 3.50. The van der Waals surface area contributed by atoms with Crippen LogP contribution in [-0.2, 0) is 0 Å². The molecular weight excluding hydrogens is 222 g/mol.